The molecule has 1 saturated heterocycles. The lowest BCUT2D eigenvalue weighted by Crippen LogP contribution is -2.50. The van der Waals surface area contributed by atoms with E-state index in [-0.39, 0.29) is 18.2 Å². The number of hydrogen-bond acceptors (Lipinski definition) is 5. The molecule has 142 valence electrons. The molecule has 1 aliphatic heterocycles. The van der Waals surface area contributed by atoms with Crippen LogP contribution in [0.5, 0.6) is 5.75 Å². The first kappa shape index (κ1) is 19.0. The highest BCUT2D eigenvalue weighted by Gasteiger charge is 2.22. The van der Waals surface area contributed by atoms with Gasteiger partial charge in [0.25, 0.3) is 11.6 Å². The molecule has 7 nitrogen and oxygen atoms in total. The molecule has 0 aromatic heterocycles. The van der Waals surface area contributed by atoms with Crippen LogP contribution in [0.1, 0.15) is 5.56 Å². The summed E-state index contributed by atoms with van der Waals surface area (Å²) in [6, 6.07) is 12.1. The van der Waals surface area contributed by atoms with E-state index in [2.05, 4.69) is 4.90 Å². The fourth-order valence-electron chi connectivity index (χ4n) is 3.05. The molecule has 0 bridgehead atoms. The molecule has 0 spiro atoms. The van der Waals surface area contributed by atoms with E-state index >= 15 is 0 Å². The summed E-state index contributed by atoms with van der Waals surface area (Å²) in [4.78, 5) is 26.7. The molecule has 3 rings (SSSR count). The third-order valence-electron chi connectivity index (χ3n) is 4.53. The summed E-state index contributed by atoms with van der Waals surface area (Å²) in [6.45, 7) is 4.21. The van der Waals surface area contributed by atoms with Crippen molar-refractivity contribution >= 4 is 28.9 Å². The Morgan fingerprint density at radius 2 is 1.93 bits per heavy atom. The lowest BCUT2D eigenvalue weighted by atomic mass is 10.2. The van der Waals surface area contributed by atoms with Crippen LogP contribution in [-0.2, 0) is 4.79 Å². The number of amides is 1. The first-order valence-electron chi connectivity index (χ1n) is 8.60. The van der Waals surface area contributed by atoms with E-state index in [1.165, 1.54) is 12.1 Å². The number of nitro benzene ring substituents is 1. The summed E-state index contributed by atoms with van der Waals surface area (Å²) in [6.07, 6.45) is 0. The molecule has 0 aliphatic carbocycles. The summed E-state index contributed by atoms with van der Waals surface area (Å²) < 4.78 is 5.52. The van der Waals surface area contributed by atoms with Crippen molar-refractivity contribution in [1.29, 1.82) is 0 Å². The van der Waals surface area contributed by atoms with E-state index in [0.717, 1.165) is 18.8 Å². The van der Waals surface area contributed by atoms with E-state index < -0.39 is 4.92 Å². The van der Waals surface area contributed by atoms with E-state index in [4.69, 9.17) is 16.3 Å². The van der Waals surface area contributed by atoms with Gasteiger partial charge in [-0.1, -0.05) is 17.7 Å². The molecular weight excluding hydrogens is 370 g/mol. The van der Waals surface area contributed by atoms with Crippen LogP contribution in [0.15, 0.2) is 42.5 Å². The Bertz CT molecular complexity index is 851. The highest BCUT2D eigenvalue weighted by molar-refractivity contribution is 6.30. The zero-order valence-corrected chi connectivity index (χ0v) is 15.7. The van der Waals surface area contributed by atoms with Gasteiger partial charge in [0.1, 0.15) is 5.75 Å². The Kier molecular flexibility index (Phi) is 5.81. The molecule has 1 heterocycles. The fourth-order valence-corrected chi connectivity index (χ4v) is 3.23. The molecule has 8 heteroatoms. The van der Waals surface area contributed by atoms with Crippen molar-refractivity contribution < 1.29 is 14.5 Å². The van der Waals surface area contributed by atoms with Crippen LogP contribution < -0.4 is 9.64 Å². The largest absolute Gasteiger partial charge is 0.484 e. The zero-order chi connectivity index (χ0) is 19.4. The zero-order valence-electron chi connectivity index (χ0n) is 14.9. The molecule has 0 saturated carbocycles. The average molecular weight is 390 g/mol. The lowest BCUT2D eigenvalue weighted by Gasteiger charge is -2.36. The van der Waals surface area contributed by atoms with Crippen molar-refractivity contribution in [2.24, 2.45) is 0 Å². The highest BCUT2D eigenvalue weighted by atomic mass is 35.5. The first-order chi connectivity index (χ1) is 12.9. The molecule has 27 heavy (non-hydrogen) atoms. The van der Waals surface area contributed by atoms with E-state index in [1.807, 2.05) is 24.3 Å². The Morgan fingerprint density at radius 3 is 2.56 bits per heavy atom. The number of carbonyl (C=O) groups excluding carboxylic acids is 1. The van der Waals surface area contributed by atoms with Crippen molar-refractivity contribution in [2.75, 3.05) is 37.7 Å². The molecule has 1 aliphatic rings. The number of piperazine rings is 1. The van der Waals surface area contributed by atoms with Gasteiger partial charge in [-0.2, -0.15) is 0 Å². The summed E-state index contributed by atoms with van der Waals surface area (Å²) in [7, 11) is 0. The van der Waals surface area contributed by atoms with Gasteiger partial charge in [0.05, 0.1) is 4.92 Å². The second-order valence-electron chi connectivity index (χ2n) is 6.34. The molecule has 2 aromatic carbocycles. The van der Waals surface area contributed by atoms with Gasteiger partial charge < -0.3 is 14.5 Å². The molecule has 0 N–H and O–H groups in total. The van der Waals surface area contributed by atoms with Crippen molar-refractivity contribution in [3.8, 4) is 5.75 Å². The van der Waals surface area contributed by atoms with Crippen molar-refractivity contribution in [1.82, 2.24) is 4.90 Å². The van der Waals surface area contributed by atoms with Crippen molar-refractivity contribution in [3.63, 3.8) is 0 Å². The quantitative estimate of drug-likeness (QED) is 0.579. The molecule has 0 radical (unpaired) electrons. The number of benzene rings is 2. The van der Waals surface area contributed by atoms with Crippen LogP contribution in [0.3, 0.4) is 0 Å². The van der Waals surface area contributed by atoms with Crippen LogP contribution in [0, 0.1) is 17.0 Å². The molecule has 0 atom stereocenters. The van der Waals surface area contributed by atoms with Gasteiger partial charge >= 0.3 is 0 Å². The Balaban J connectivity index is 1.51. The number of nitro groups is 1. The van der Waals surface area contributed by atoms with Gasteiger partial charge in [-0.05, 0) is 37.3 Å². The maximum absolute atomic E-state index is 12.4. The minimum absolute atomic E-state index is 0.0332. The number of carbonyl (C=O) groups is 1. The summed E-state index contributed by atoms with van der Waals surface area (Å²) in [5.74, 6) is 0.348. The van der Waals surface area contributed by atoms with Crippen LogP contribution in [0.4, 0.5) is 11.4 Å². The normalized spacial score (nSPS) is 14.1. The second-order valence-corrected chi connectivity index (χ2v) is 6.78. The number of nitrogens with zero attached hydrogens (tertiary/aromatic N) is 3. The minimum Gasteiger partial charge on any atom is -0.484 e. The van der Waals surface area contributed by atoms with E-state index in [0.29, 0.717) is 29.4 Å². The van der Waals surface area contributed by atoms with Gasteiger partial charge in [0, 0.05) is 48.5 Å². The molecule has 1 amide bonds. The molecule has 1 fully saturated rings. The standard InChI is InChI=1S/C19H20ClN3O4/c1-14-11-17(5-6-18(14)23(25)26)27-13-19(24)22-9-7-21(8-10-22)16-4-2-3-15(20)12-16/h2-6,11-12H,7-10,13H2,1H3. The van der Waals surface area contributed by atoms with Gasteiger partial charge in [0.2, 0.25) is 0 Å². The average Bonchev–Trinajstić information content (AvgIpc) is 2.66. The molecular formula is C19H20ClN3O4. The number of rotatable bonds is 5. The smallest absolute Gasteiger partial charge is 0.272 e. The summed E-state index contributed by atoms with van der Waals surface area (Å²) in [5.41, 5.74) is 1.58. The van der Waals surface area contributed by atoms with E-state index in [1.54, 1.807) is 17.9 Å². The van der Waals surface area contributed by atoms with Gasteiger partial charge in [-0.3, -0.25) is 14.9 Å². The number of halogens is 1. The van der Waals surface area contributed by atoms with Gasteiger partial charge in [-0.25, -0.2) is 0 Å². The Labute approximate surface area is 162 Å². The number of hydrogen-bond donors (Lipinski definition) is 0. The number of anilines is 1. The van der Waals surface area contributed by atoms with Gasteiger partial charge in [-0.15, -0.1) is 0 Å². The maximum atomic E-state index is 12.4. The third-order valence-corrected chi connectivity index (χ3v) is 4.77. The number of ether oxygens (including phenoxy) is 1. The van der Waals surface area contributed by atoms with Crippen molar-refractivity contribution in [2.45, 2.75) is 6.92 Å². The first-order valence-corrected chi connectivity index (χ1v) is 8.98. The van der Waals surface area contributed by atoms with Crippen LogP contribution in [0.25, 0.3) is 0 Å². The Hall–Kier alpha value is -2.80. The third kappa shape index (κ3) is 4.68. The SMILES string of the molecule is Cc1cc(OCC(=O)N2CCN(c3cccc(Cl)c3)CC2)ccc1[N+](=O)[O-]. The van der Waals surface area contributed by atoms with Crippen LogP contribution in [-0.4, -0.2) is 48.5 Å². The number of aryl methyl sites for hydroxylation is 1. The Morgan fingerprint density at radius 1 is 1.19 bits per heavy atom. The lowest BCUT2D eigenvalue weighted by molar-refractivity contribution is -0.385. The predicted octanol–water partition coefficient (Wildman–Crippen LogP) is 3.28. The predicted molar refractivity (Wildman–Crippen MR) is 104 cm³/mol. The molecule has 0 unspecified atom stereocenters. The minimum atomic E-state index is -0.441. The van der Waals surface area contributed by atoms with Crippen LogP contribution >= 0.6 is 11.6 Å². The monoisotopic (exact) mass is 389 g/mol. The van der Waals surface area contributed by atoms with Crippen LogP contribution in [0.2, 0.25) is 5.02 Å². The maximum Gasteiger partial charge on any atom is 0.272 e. The van der Waals surface area contributed by atoms with E-state index in [9.17, 15) is 14.9 Å². The second kappa shape index (κ2) is 8.26. The van der Waals surface area contributed by atoms with Crippen molar-refractivity contribution in [3.05, 3.63) is 63.2 Å². The fraction of sp³-hybridized carbons (Fsp3) is 0.316. The topological polar surface area (TPSA) is 75.9 Å². The summed E-state index contributed by atoms with van der Waals surface area (Å²) in [5, 5.41) is 11.5. The summed E-state index contributed by atoms with van der Waals surface area (Å²) >= 11 is 6.04. The molecule has 2 aromatic rings. The van der Waals surface area contributed by atoms with Gasteiger partial charge in [0.15, 0.2) is 6.61 Å². The highest BCUT2D eigenvalue weighted by Crippen LogP contribution is 2.23.